The Hall–Kier alpha value is -2.01. The van der Waals surface area contributed by atoms with Crippen LogP contribution in [0.3, 0.4) is 0 Å². The van der Waals surface area contributed by atoms with Gasteiger partial charge in [-0.05, 0) is 37.1 Å². The lowest BCUT2D eigenvalue weighted by atomic mass is 9.99. The van der Waals surface area contributed by atoms with Crippen molar-refractivity contribution >= 4 is 29.2 Å². The zero-order chi connectivity index (χ0) is 15.7. The Kier molecular flexibility index (Phi) is 4.23. The molecule has 1 unspecified atom stereocenters. The number of nitrogens with one attached hydrogen (secondary N) is 1. The molecule has 112 valence electrons. The lowest BCUT2D eigenvalue weighted by Gasteiger charge is -2.15. The number of ether oxygens (including phenoxy) is 1. The highest BCUT2D eigenvalue weighted by molar-refractivity contribution is 6.31. The van der Waals surface area contributed by atoms with Crippen LogP contribution in [-0.2, 0) is 9.53 Å². The van der Waals surface area contributed by atoms with Crippen molar-refractivity contribution in [3.63, 3.8) is 0 Å². The molecule has 0 saturated carbocycles. The first-order chi connectivity index (χ1) is 9.81. The van der Waals surface area contributed by atoms with Crippen LogP contribution >= 0.6 is 11.6 Å². The molecule has 1 aliphatic rings. The van der Waals surface area contributed by atoms with E-state index in [9.17, 15) is 9.59 Å². The van der Waals surface area contributed by atoms with Crippen molar-refractivity contribution in [2.75, 3.05) is 14.1 Å². The fourth-order valence-corrected chi connectivity index (χ4v) is 2.38. The maximum absolute atomic E-state index is 12.2. The third-order valence-electron chi connectivity index (χ3n) is 3.23. The summed E-state index contributed by atoms with van der Waals surface area (Å²) in [6.07, 6.45) is -0.516. The average molecular weight is 309 g/mol. The predicted octanol–water partition coefficient (Wildman–Crippen LogP) is 2.58. The molecule has 0 aromatic heterocycles. The van der Waals surface area contributed by atoms with Gasteiger partial charge in [0, 0.05) is 19.1 Å². The number of rotatable bonds is 2. The van der Waals surface area contributed by atoms with Gasteiger partial charge in [0.2, 0.25) is 0 Å². The van der Waals surface area contributed by atoms with Crippen LogP contribution in [0.4, 0.5) is 4.79 Å². The molecule has 0 spiro atoms. The quantitative estimate of drug-likeness (QED) is 0.913. The number of nitrogens with zero attached hydrogens (tertiary/aromatic N) is 1. The van der Waals surface area contributed by atoms with Crippen molar-refractivity contribution in [2.24, 2.45) is 0 Å². The predicted molar refractivity (Wildman–Crippen MR) is 80.9 cm³/mol. The van der Waals surface area contributed by atoms with Gasteiger partial charge < -0.3 is 15.0 Å². The second kappa shape index (κ2) is 5.77. The molecule has 1 aliphatic heterocycles. The van der Waals surface area contributed by atoms with Gasteiger partial charge >= 0.3 is 6.09 Å². The molecule has 2 rings (SSSR count). The van der Waals surface area contributed by atoms with Gasteiger partial charge in [0.15, 0.2) is 0 Å². The Morgan fingerprint density at radius 1 is 1.38 bits per heavy atom. The number of carbonyl (C=O) groups excluding carboxylic acids is 2. The van der Waals surface area contributed by atoms with E-state index in [0.29, 0.717) is 21.9 Å². The van der Waals surface area contributed by atoms with Crippen molar-refractivity contribution in [3.8, 4) is 0 Å². The Morgan fingerprint density at radius 2 is 2.05 bits per heavy atom. The smallest absolute Gasteiger partial charge is 0.412 e. The lowest BCUT2D eigenvalue weighted by Crippen LogP contribution is -2.29. The van der Waals surface area contributed by atoms with E-state index in [1.54, 1.807) is 39.2 Å². The van der Waals surface area contributed by atoms with E-state index >= 15 is 0 Å². The van der Waals surface area contributed by atoms with Crippen LogP contribution in [0.5, 0.6) is 0 Å². The summed E-state index contributed by atoms with van der Waals surface area (Å²) in [6, 6.07) is 4.88. The molecular weight excluding hydrogens is 292 g/mol. The first-order valence-corrected chi connectivity index (χ1v) is 6.89. The van der Waals surface area contributed by atoms with Gasteiger partial charge in [-0.25, -0.2) is 4.79 Å². The zero-order valence-corrected chi connectivity index (χ0v) is 13.1. The van der Waals surface area contributed by atoms with Gasteiger partial charge in [-0.15, -0.1) is 0 Å². The van der Waals surface area contributed by atoms with Gasteiger partial charge in [-0.1, -0.05) is 17.7 Å². The topological polar surface area (TPSA) is 58.6 Å². The second-order valence-electron chi connectivity index (χ2n) is 5.16. The highest BCUT2D eigenvalue weighted by Crippen LogP contribution is 2.31. The number of halogens is 1. The SMILES string of the molecule is Cc1cc(Cl)ccc1C1=C(OC(=O)N(C)C)C(C)NC1=O. The Morgan fingerprint density at radius 3 is 2.62 bits per heavy atom. The van der Waals surface area contributed by atoms with E-state index in [-0.39, 0.29) is 11.9 Å². The van der Waals surface area contributed by atoms with E-state index in [1.807, 2.05) is 6.92 Å². The van der Waals surface area contributed by atoms with Crippen molar-refractivity contribution in [1.29, 1.82) is 0 Å². The maximum atomic E-state index is 12.2. The molecule has 0 aliphatic carbocycles. The summed E-state index contributed by atoms with van der Waals surface area (Å²) in [5.74, 6) is 0.0820. The molecule has 1 atom stereocenters. The van der Waals surface area contributed by atoms with Crippen molar-refractivity contribution in [2.45, 2.75) is 19.9 Å². The summed E-state index contributed by atoms with van der Waals surface area (Å²) in [6.45, 7) is 3.63. The molecule has 0 fully saturated rings. The number of aryl methyl sites for hydroxylation is 1. The van der Waals surface area contributed by atoms with E-state index in [0.717, 1.165) is 5.56 Å². The van der Waals surface area contributed by atoms with Gasteiger partial charge in [-0.2, -0.15) is 0 Å². The van der Waals surface area contributed by atoms with Crippen molar-refractivity contribution in [3.05, 3.63) is 40.1 Å². The zero-order valence-electron chi connectivity index (χ0n) is 12.4. The first kappa shape index (κ1) is 15.4. The average Bonchev–Trinajstić information content (AvgIpc) is 2.65. The standard InChI is InChI=1S/C15H17ClN2O3/c1-8-7-10(16)5-6-11(8)12-13(9(2)17-14(12)19)21-15(20)18(3)4/h5-7,9H,1-4H3,(H,17,19). The molecule has 2 amide bonds. The molecule has 0 bridgehead atoms. The Labute approximate surface area is 128 Å². The van der Waals surface area contributed by atoms with E-state index < -0.39 is 6.09 Å². The maximum Gasteiger partial charge on any atom is 0.414 e. The van der Waals surface area contributed by atoms with E-state index in [2.05, 4.69) is 5.32 Å². The summed E-state index contributed by atoms with van der Waals surface area (Å²) >= 11 is 5.94. The molecule has 0 radical (unpaired) electrons. The molecule has 21 heavy (non-hydrogen) atoms. The highest BCUT2D eigenvalue weighted by atomic mass is 35.5. The van der Waals surface area contributed by atoms with E-state index in [4.69, 9.17) is 16.3 Å². The third-order valence-corrected chi connectivity index (χ3v) is 3.47. The minimum atomic E-state index is -0.516. The Balaban J connectivity index is 2.50. The lowest BCUT2D eigenvalue weighted by molar-refractivity contribution is -0.115. The molecule has 1 heterocycles. The summed E-state index contributed by atoms with van der Waals surface area (Å²) in [5.41, 5.74) is 1.94. The molecule has 5 nitrogen and oxygen atoms in total. The van der Waals surface area contributed by atoms with Crippen LogP contribution in [0.25, 0.3) is 5.57 Å². The van der Waals surface area contributed by atoms with Crippen LogP contribution in [0, 0.1) is 6.92 Å². The number of hydrogen-bond acceptors (Lipinski definition) is 3. The van der Waals surface area contributed by atoms with E-state index in [1.165, 1.54) is 4.90 Å². The molecule has 6 heteroatoms. The summed E-state index contributed by atoms with van der Waals surface area (Å²) in [4.78, 5) is 25.3. The first-order valence-electron chi connectivity index (χ1n) is 6.52. The minimum Gasteiger partial charge on any atom is -0.412 e. The number of hydrogen-bond donors (Lipinski definition) is 1. The largest absolute Gasteiger partial charge is 0.414 e. The molecular formula is C15H17ClN2O3. The summed E-state index contributed by atoms with van der Waals surface area (Å²) < 4.78 is 5.36. The number of benzene rings is 1. The van der Waals surface area contributed by atoms with Crippen LogP contribution in [0.15, 0.2) is 24.0 Å². The number of amides is 2. The van der Waals surface area contributed by atoms with Crippen LogP contribution in [-0.4, -0.2) is 37.0 Å². The van der Waals surface area contributed by atoms with Gasteiger partial charge in [-0.3, -0.25) is 4.79 Å². The normalized spacial score (nSPS) is 17.8. The molecule has 1 aromatic carbocycles. The Bertz CT molecular complexity index is 638. The van der Waals surface area contributed by atoms with Gasteiger partial charge in [0.05, 0.1) is 11.6 Å². The molecule has 0 saturated heterocycles. The van der Waals surface area contributed by atoms with Gasteiger partial charge in [0.1, 0.15) is 5.76 Å². The fourth-order valence-electron chi connectivity index (χ4n) is 2.15. The van der Waals surface area contributed by atoms with Crippen molar-refractivity contribution in [1.82, 2.24) is 10.2 Å². The monoisotopic (exact) mass is 308 g/mol. The summed E-state index contributed by atoms with van der Waals surface area (Å²) in [5, 5.41) is 3.35. The molecule has 1 aromatic rings. The molecule has 1 N–H and O–H groups in total. The highest BCUT2D eigenvalue weighted by Gasteiger charge is 2.33. The number of carbonyl (C=O) groups is 2. The van der Waals surface area contributed by atoms with Crippen LogP contribution in [0.2, 0.25) is 5.02 Å². The third kappa shape index (κ3) is 3.03. The fraction of sp³-hybridized carbons (Fsp3) is 0.333. The summed E-state index contributed by atoms with van der Waals surface area (Å²) in [7, 11) is 3.18. The van der Waals surface area contributed by atoms with Crippen LogP contribution in [0.1, 0.15) is 18.1 Å². The minimum absolute atomic E-state index is 0.255. The van der Waals surface area contributed by atoms with Gasteiger partial charge in [0.25, 0.3) is 5.91 Å². The van der Waals surface area contributed by atoms with Crippen molar-refractivity contribution < 1.29 is 14.3 Å². The van der Waals surface area contributed by atoms with Crippen LogP contribution < -0.4 is 5.32 Å². The second-order valence-corrected chi connectivity index (χ2v) is 5.59.